The highest BCUT2D eigenvalue weighted by Crippen LogP contribution is 2.51. The number of allylic oxidation sites excluding steroid dienone is 1. The zero-order valence-corrected chi connectivity index (χ0v) is 34.9. The van der Waals surface area contributed by atoms with Crippen LogP contribution >= 0.6 is 0 Å². The van der Waals surface area contributed by atoms with Crippen LogP contribution in [0, 0.1) is 0 Å². The first-order valence-electron chi connectivity index (χ1n) is 21.6. The molecule has 9 aromatic carbocycles. The van der Waals surface area contributed by atoms with Gasteiger partial charge in [-0.15, -0.1) is 0 Å². The fraction of sp³-hybridized carbons (Fsp3) is 0.100. The molecule has 1 heteroatoms. The van der Waals surface area contributed by atoms with Crippen molar-refractivity contribution in [2.24, 2.45) is 0 Å². The van der Waals surface area contributed by atoms with E-state index in [-0.39, 0.29) is 5.41 Å². The van der Waals surface area contributed by atoms with Gasteiger partial charge in [-0.25, -0.2) is 0 Å². The Hall–Kier alpha value is -7.22. The van der Waals surface area contributed by atoms with Gasteiger partial charge in [-0.05, 0) is 143 Å². The molecule has 292 valence electrons. The first-order chi connectivity index (χ1) is 29.9. The van der Waals surface area contributed by atoms with Gasteiger partial charge in [0.15, 0.2) is 0 Å². The van der Waals surface area contributed by atoms with Crippen molar-refractivity contribution in [2.45, 2.75) is 38.5 Å². The minimum atomic E-state index is -0.105. The molecule has 0 heterocycles. The van der Waals surface area contributed by atoms with E-state index in [2.05, 4.69) is 238 Å². The van der Waals surface area contributed by atoms with Crippen LogP contribution in [0.25, 0.3) is 60.9 Å². The Labute approximate surface area is 359 Å². The van der Waals surface area contributed by atoms with Gasteiger partial charge in [0.05, 0.1) is 0 Å². The van der Waals surface area contributed by atoms with Crippen LogP contribution in [0.4, 0.5) is 17.1 Å². The fourth-order valence-corrected chi connectivity index (χ4v) is 10.2. The smallest absolute Gasteiger partial charge is 0.0465 e. The average molecular weight is 782 g/mol. The van der Waals surface area contributed by atoms with Crippen molar-refractivity contribution < 1.29 is 0 Å². The predicted molar refractivity (Wildman–Crippen MR) is 259 cm³/mol. The average Bonchev–Trinajstić information content (AvgIpc) is 3.55. The second-order valence-corrected chi connectivity index (χ2v) is 17.3. The lowest BCUT2D eigenvalue weighted by Gasteiger charge is -2.29. The van der Waals surface area contributed by atoms with Crippen LogP contribution in [-0.4, -0.2) is 0 Å². The highest BCUT2D eigenvalue weighted by Gasteiger charge is 2.35. The Kier molecular flexibility index (Phi) is 8.94. The Bertz CT molecular complexity index is 3120. The van der Waals surface area contributed by atoms with Crippen molar-refractivity contribution >= 4 is 33.4 Å². The van der Waals surface area contributed by atoms with Gasteiger partial charge in [0.2, 0.25) is 0 Å². The van der Waals surface area contributed by atoms with Crippen molar-refractivity contribution in [3.8, 4) is 44.5 Å². The van der Waals surface area contributed by atoms with Crippen molar-refractivity contribution in [2.75, 3.05) is 4.90 Å². The number of nitrogens with zero attached hydrogens (tertiary/aromatic N) is 1. The molecule has 11 rings (SSSR count). The molecular weight excluding hydrogens is 735 g/mol. The second-order valence-electron chi connectivity index (χ2n) is 17.3. The molecule has 0 bridgehead atoms. The first-order valence-corrected chi connectivity index (χ1v) is 21.6. The van der Waals surface area contributed by atoms with E-state index in [1.54, 1.807) is 0 Å². The molecule has 1 nitrogen and oxygen atoms in total. The van der Waals surface area contributed by atoms with Crippen LogP contribution in [-0.2, 0) is 5.41 Å². The summed E-state index contributed by atoms with van der Waals surface area (Å²) < 4.78 is 0. The third-order valence-corrected chi connectivity index (χ3v) is 13.3. The maximum Gasteiger partial charge on any atom is 0.0465 e. The van der Waals surface area contributed by atoms with Gasteiger partial charge >= 0.3 is 0 Å². The van der Waals surface area contributed by atoms with E-state index in [9.17, 15) is 0 Å². The topological polar surface area (TPSA) is 3.24 Å². The van der Waals surface area contributed by atoms with Crippen LogP contribution in [0.2, 0.25) is 0 Å². The summed E-state index contributed by atoms with van der Waals surface area (Å²) in [6.07, 6.45) is 3.48. The summed E-state index contributed by atoms with van der Waals surface area (Å²) in [4.78, 5) is 2.43. The Morgan fingerprint density at radius 3 is 1.70 bits per heavy atom. The first kappa shape index (κ1) is 36.8. The SMILES string of the molecule is CC1CC=C(c2ccc(N(c3ccc(-c4ccc(-c5ccccc5)c(-c5ccccc5)c4)cc3)c3ccc4c(c3)C(C)(C)c3ccccc3-4)cc2)c2ccc3ccccc3c21. The van der Waals surface area contributed by atoms with Gasteiger partial charge in [-0.1, -0.05) is 191 Å². The highest BCUT2D eigenvalue weighted by molar-refractivity contribution is 5.95. The number of benzene rings is 9. The van der Waals surface area contributed by atoms with Gasteiger partial charge < -0.3 is 4.90 Å². The molecule has 61 heavy (non-hydrogen) atoms. The molecule has 0 spiro atoms. The molecule has 0 saturated carbocycles. The summed E-state index contributed by atoms with van der Waals surface area (Å²) in [5.41, 5.74) is 21.4. The third kappa shape index (κ3) is 6.32. The monoisotopic (exact) mass is 781 g/mol. The molecule has 2 aliphatic carbocycles. The molecule has 0 N–H and O–H groups in total. The van der Waals surface area contributed by atoms with Crippen LogP contribution in [0.3, 0.4) is 0 Å². The molecule has 0 aromatic heterocycles. The molecule has 1 unspecified atom stereocenters. The Morgan fingerprint density at radius 1 is 0.410 bits per heavy atom. The largest absolute Gasteiger partial charge is 0.310 e. The minimum Gasteiger partial charge on any atom is -0.310 e. The maximum atomic E-state index is 2.45. The maximum absolute atomic E-state index is 2.45. The molecule has 0 saturated heterocycles. The lowest BCUT2D eigenvalue weighted by atomic mass is 9.79. The Balaban J connectivity index is 0.999. The molecule has 0 amide bonds. The molecule has 0 radical (unpaired) electrons. The lowest BCUT2D eigenvalue weighted by Crippen LogP contribution is -2.16. The summed E-state index contributed by atoms with van der Waals surface area (Å²) in [7, 11) is 0. The van der Waals surface area contributed by atoms with Crippen molar-refractivity contribution in [1.82, 2.24) is 0 Å². The quantitative estimate of drug-likeness (QED) is 0.156. The van der Waals surface area contributed by atoms with E-state index in [0.29, 0.717) is 5.92 Å². The zero-order valence-electron chi connectivity index (χ0n) is 34.9. The van der Waals surface area contributed by atoms with Crippen LogP contribution in [0.1, 0.15) is 60.9 Å². The summed E-state index contributed by atoms with van der Waals surface area (Å²) in [5, 5.41) is 2.68. The van der Waals surface area contributed by atoms with Crippen molar-refractivity contribution in [3.05, 3.63) is 240 Å². The zero-order chi connectivity index (χ0) is 41.1. The second kappa shape index (κ2) is 14.8. The number of rotatable bonds is 7. The lowest BCUT2D eigenvalue weighted by molar-refractivity contribution is 0.660. The van der Waals surface area contributed by atoms with Gasteiger partial charge in [0, 0.05) is 22.5 Å². The summed E-state index contributed by atoms with van der Waals surface area (Å²) >= 11 is 0. The molecule has 2 aliphatic rings. The van der Waals surface area contributed by atoms with Gasteiger partial charge in [-0.2, -0.15) is 0 Å². The predicted octanol–water partition coefficient (Wildman–Crippen LogP) is 16.6. The third-order valence-electron chi connectivity index (χ3n) is 13.3. The van der Waals surface area contributed by atoms with Gasteiger partial charge in [-0.3, -0.25) is 0 Å². The van der Waals surface area contributed by atoms with Crippen LogP contribution in [0.5, 0.6) is 0 Å². The van der Waals surface area contributed by atoms with Gasteiger partial charge in [0.25, 0.3) is 0 Å². The van der Waals surface area contributed by atoms with E-state index >= 15 is 0 Å². The van der Waals surface area contributed by atoms with E-state index in [1.807, 2.05) is 0 Å². The molecular formula is C60H47N. The molecule has 0 fully saturated rings. The van der Waals surface area contributed by atoms with E-state index in [4.69, 9.17) is 0 Å². The van der Waals surface area contributed by atoms with Crippen LogP contribution in [0.15, 0.2) is 212 Å². The number of fused-ring (bicyclic) bond motifs is 6. The molecule has 0 aliphatic heterocycles. The minimum absolute atomic E-state index is 0.105. The standard InChI is InChI=1S/C60H47N/c1-40-22-34-50(55-36-27-44-18-10-11-19-52(44)59(40)55)45-25-31-48(32-26-45)61(49-33-37-54-53-20-12-13-21-57(53)60(2,3)58(54)39-49)47-29-23-41(24-30-47)46-28-35-51(42-14-6-4-7-15-42)56(38-46)43-16-8-5-9-17-43/h4-21,23-40H,22H2,1-3H3. The van der Waals surface area contributed by atoms with Crippen molar-refractivity contribution in [3.63, 3.8) is 0 Å². The van der Waals surface area contributed by atoms with E-state index in [0.717, 1.165) is 23.5 Å². The number of hydrogen-bond acceptors (Lipinski definition) is 1. The van der Waals surface area contributed by atoms with Crippen LogP contribution < -0.4 is 4.90 Å². The molecule has 1 atom stereocenters. The number of anilines is 3. The van der Waals surface area contributed by atoms with E-state index < -0.39 is 0 Å². The van der Waals surface area contributed by atoms with Gasteiger partial charge in [0.1, 0.15) is 0 Å². The normalized spacial score (nSPS) is 14.8. The highest BCUT2D eigenvalue weighted by atomic mass is 15.1. The summed E-state index contributed by atoms with van der Waals surface area (Å²) in [6, 6.07) is 76.2. The fourth-order valence-electron chi connectivity index (χ4n) is 10.2. The van der Waals surface area contributed by atoms with Crippen molar-refractivity contribution in [1.29, 1.82) is 0 Å². The van der Waals surface area contributed by atoms with E-state index in [1.165, 1.54) is 88.7 Å². The summed E-state index contributed by atoms with van der Waals surface area (Å²) in [5.74, 6) is 0.476. The Morgan fingerprint density at radius 2 is 0.967 bits per heavy atom. The molecule has 9 aromatic rings. The number of hydrogen-bond donors (Lipinski definition) is 0. The summed E-state index contributed by atoms with van der Waals surface area (Å²) in [6.45, 7) is 7.09.